The zero-order chi connectivity index (χ0) is 13.4. The van der Waals surface area contributed by atoms with E-state index in [0.29, 0.717) is 11.7 Å². The lowest BCUT2D eigenvalue weighted by atomic mass is 9.99. The highest BCUT2D eigenvalue weighted by Gasteiger charge is 2.17. The molecular weight excluding hydrogens is 238 g/mol. The van der Waals surface area contributed by atoms with Crippen LogP contribution in [0, 0.1) is 5.92 Å². The SMILES string of the molecule is CC(C)Cc1c(N)n[nH]c1-c1coc2ccccc12. The molecule has 4 nitrogen and oxygen atoms in total. The monoisotopic (exact) mass is 255 g/mol. The largest absolute Gasteiger partial charge is 0.464 e. The molecule has 3 rings (SSSR count). The van der Waals surface area contributed by atoms with E-state index in [0.717, 1.165) is 34.2 Å². The second-order valence-corrected chi connectivity index (χ2v) is 5.21. The van der Waals surface area contributed by atoms with Gasteiger partial charge in [0.05, 0.1) is 5.69 Å². The number of nitrogen functional groups attached to an aromatic ring is 1. The number of hydrogen-bond donors (Lipinski definition) is 2. The van der Waals surface area contributed by atoms with E-state index in [4.69, 9.17) is 10.2 Å². The first-order valence-corrected chi connectivity index (χ1v) is 6.46. The van der Waals surface area contributed by atoms with Gasteiger partial charge in [-0.3, -0.25) is 5.10 Å². The molecule has 0 aliphatic rings. The van der Waals surface area contributed by atoms with Crippen LogP contribution >= 0.6 is 0 Å². The van der Waals surface area contributed by atoms with Gasteiger partial charge in [-0.2, -0.15) is 5.10 Å². The van der Waals surface area contributed by atoms with E-state index in [1.54, 1.807) is 6.26 Å². The first-order chi connectivity index (χ1) is 9.16. The first-order valence-electron chi connectivity index (χ1n) is 6.46. The van der Waals surface area contributed by atoms with E-state index in [9.17, 15) is 0 Å². The third-order valence-electron chi connectivity index (χ3n) is 3.26. The maximum atomic E-state index is 5.97. The zero-order valence-electron chi connectivity index (χ0n) is 11.1. The van der Waals surface area contributed by atoms with E-state index in [1.165, 1.54) is 0 Å². The lowest BCUT2D eigenvalue weighted by Gasteiger charge is -2.05. The average Bonchev–Trinajstić information content (AvgIpc) is 2.94. The minimum atomic E-state index is 0.525. The summed E-state index contributed by atoms with van der Waals surface area (Å²) >= 11 is 0. The summed E-state index contributed by atoms with van der Waals surface area (Å²) in [5, 5.41) is 8.26. The van der Waals surface area contributed by atoms with Crippen LogP contribution in [-0.4, -0.2) is 10.2 Å². The maximum Gasteiger partial charge on any atom is 0.149 e. The van der Waals surface area contributed by atoms with Crippen LogP contribution in [0.15, 0.2) is 34.9 Å². The molecule has 0 unspecified atom stereocenters. The summed E-state index contributed by atoms with van der Waals surface area (Å²) in [6.07, 6.45) is 2.67. The summed E-state index contributed by atoms with van der Waals surface area (Å²) in [4.78, 5) is 0. The Balaban J connectivity index is 2.16. The molecule has 0 aliphatic heterocycles. The number of benzene rings is 1. The number of para-hydroxylation sites is 1. The van der Waals surface area contributed by atoms with E-state index >= 15 is 0 Å². The normalized spacial score (nSPS) is 11.5. The van der Waals surface area contributed by atoms with Crippen LogP contribution in [0.2, 0.25) is 0 Å². The number of aromatic amines is 1. The van der Waals surface area contributed by atoms with Crippen molar-refractivity contribution in [2.45, 2.75) is 20.3 Å². The molecule has 2 aromatic heterocycles. The summed E-state index contributed by atoms with van der Waals surface area (Å²) in [7, 11) is 0. The number of fused-ring (bicyclic) bond motifs is 1. The van der Waals surface area contributed by atoms with Crippen LogP contribution in [0.1, 0.15) is 19.4 Å². The Labute approximate surface area is 111 Å². The molecule has 4 heteroatoms. The van der Waals surface area contributed by atoms with Gasteiger partial charge in [0.1, 0.15) is 17.7 Å². The van der Waals surface area contributed by atoms with Gasteiger partial charge in [0.2, 0.25) is 0 Å². The van der Waals surface area contributed by atoms with Gasteiger partial charge < -0.3 is 10.2 Å². The molecule has 19 heavy (non-hydrogen) atoms. The number of H-pyrrole nitrogens is 1. The van der Waals surface area contributed by atoms with Gasteiger partial charge in [-0.25, -0.2) is 0 Å². The predicted molar refractivity (Wildman–Crippen MR) is 76.8 cm³/mol. The van der Waals surface area contributed by atoms with Crippen molar-refractivity contribution < 1.29 is 4.42 Å². The van der Waals surface area contributed by atoms with E-state index in [1.807, 2.05) is 24.3 Å². The molecule has 0 radical (unpaired) electrons. The van der Waals surface area contributed by atoms with E-state index < -0.39 is 0 Å². The van der Waals surface area contributed by atoms with E-state index in [2.05, 4.69) is 24.0 Å². The Bertz CT molecular complexity index is 709. The predicted octanol–water partition coefficient (Wildman–Crippen LogP) is 3.60. The van der Waals surface area contributed by atoms with Crippen molar-refractivity contribution in [2.75, 3.05) is 5.73 Å². The molecule has 0 bridgehead atoms. The van der Waals surface area contributed by atoms with Crippen molar-refractivity contribution in [3.05, 3.63) is 36.1 Å². The number of furan rings is 1. The summed E-state index contributed by atoms with van der Waals surface area (Å²) in [5.74, 6) is 1.10. The van der Waals surface area contributed by atoms with Gasteiger partial charge in [0.25, 0.3) is 0 Å². The molecule has 0 atom stereocenters. The van der Waals surface area contributed by atoms with Crippen LogP contribution in [0.3, 0.4) is 0 Å². The lowest BCUT2D eigenvalue weighted by molar-refractivity contribution is 0.616. The molecule has 0 amide bonds. The van der Waals surface area contributed by atoms with Gasteiger partial charge in [0, 0.05) is 16.5 Å². The first kappa shape index (κ1) is 11.8. The van der Waals surface area contributed by atoms with Gasteiger partial charge in [0.15, 0.2) is 0 Å². The second-order valence-electron chi connectivity index (χ2n) is 5.21. The quantitative estimate of drug-likeness (QED) is 0.751. The minimum Gasteiger partial charge on any atom is -0.464 e. The second kappa shape index (κ2) is 4.46. The Morgan fingerprint density at radius 3 is 2.89 bits per heavy atom. The standard InChI is InChI=1S/C15H17N3O/c1-9(2)7-11-14(17-18-15(11)16)12-8-19-13-6-4-3-5-10(12)13/h3-6,8-9H,7H2,1-2H3,(H3,16,17,18). The molecule has 1 aromatic carbocycles. The Hall–Kier alpha value is -2.23. The molecule has 2 heterocycles. The van der Waals surface area contributed by atoms with Gasteiger partial charge in [-0.15, -0.1) is 0 Å². The van der Waals surface area contributed by atoms with Crippen molar-refractivity contribution in [3.8, 4) is 11.3 Å². The Morgan fingerprint density at radius 2 is 2.11 bits per heavy atom. The zero-order valence-corrected chi connectivity index (χ0v) is 11.1. The fourth-order valence-electron chi connectivity index (χ4n) is 2.39. The Kier molecular flexibility index (Phi) is 2.78. The van der Waals surface area contributed by atoms with Crippen LogP contribution < -0.4 is 5.73 Å². The number of nitrogens with one attached hydrogen (secondary N) is 1. The highest BCUT2D eigenvalue weighted by atomic mass is 16.3. The van der Waals surface area contributed by atoms with Crippen molar-refractivity contribution in [3.63, 3.8) is 0 Å². The molecule has 3 aromatic rings. The maximum absolute atomic E-state index is 5.97. The highest BCUT2D eigenvalue weighted by Crippen LogP contribution is 2.34. The molecule has 0 saturated heterocycles. The van der Waals surface area contributed by atoms with Crippen LogP contribution in [0.25, 0.3) is 22.2 Å². The number of nitrogens with zero attached hydrogens (tertiary/aromatic N) is 1. The summed E-state index contributed by atoms with van der Waals surface area (Å²) in [6, 6.07) is 7.97. The van der Waals surface area contributed by atoms with Crippen molar-refractivity contribution in [2.24, 2.45) is 5.92 Å². The number of aromatic nitrogens is 2. The van der Waals surface area contributed by atoms with Crippen molar-refractivity contribution in [1.82, 2.24) is 10.2 Å². The third-order valence-corrected chi connectivity index (χ3v) is 3.26. The molecule has 0 saturated carbocycles. The number of hydrogen-bond acceptors (Lipinski definition) is 3. The third kappa shape index (κ3) is 1.99. The number of anilines is 1. The van der Waals surface area contributed by atoms with E-state index in [-0.39, 0.29) is 0 Å². The minimum absolute atomic E-state index is 0.525. The molecule has 98 valence electrons. The smallest absolute Gasteiger partial charge is 0.149 e. The van der Waals surface area contributed by atoms with Crippen LogP contribution in [0.5, 0.6) is 0 Å². The molecule has 3 N–H and O–H groups in total. The average molecular weight is 255 g/mol. The van der Waals surface area contributed by atoms with Crippen molar-refractivity contribution >= 4 is 16.8 Å². The van der Waals surface area contributed by atoms with Gasteiger partial charge >= 0.3 is 0 Å². The summed E-state index contributed by atoms with van der Waals surface area (Å²) in [6.45, 7) is 4.34. The highest BCUT2D eigenvalue weighted by molar-refractivity contribution is 5.94. The van der Waals surface area contributed by atoms with Crippen LogP contribution in [0.4, 0.5) is 5.82 Å². The fraction of sp³-hybridized carbons (Fsp3) is 0.267. The topological polar surface area (TPSA) is 67.8 Å². The van der Waals surface area contributed by atoms with Crippen LogP contribution in [-0.2, 0) is 6.42 Å². The fourth-order valence-corrected chi connectivity index (χ4v) is 2.39. The molecular formula is C15H17N3O. The number of rotatable bonds is 3. The summed E-state index contributed by atoms with van der Waals surface area (Å²) < 4.78 is 5.58. The molecule has 0 fully saturated rings. The van der Waals surface area contributed by atoms with Gasteiger partial charge in [-0.1, -0.05) is 32.0 Å². The molecule has 0 spiro atoms. The lowest BCUT2D eigenvalue weighted by Crippen LogP contribution is -1.98. The Morgan fingerprint density at radius 1 is 1.32 bits per heavy atom. The molecule has 0 aliphatic carbocycles. The van der Waals surface area contributed by atoms with Gasteiger partial charge in [-0.05, 0) is 18.4 Å². The van der Waals surface area contributed by atoms with Crippen molar-refractivity contribution in [1.29, 1.82) is 0 Å². The number of nitrogens with two attached hydrogens (primary N) is 1. The summed E-state index contributed by atoms with van der Waals surface area (Å²) in [5.41, 5.74) is 9.91.